The fourth-order valence-corrected chi connectivity index (χ4v) is 4.24. The molecule has 1 amide bonds. The monoisotopic (exact) mass is 478 g/mol. The van der Waals surface area contributed by atoms with E-state index in [0.29, 0.717) is 17.3 Å². The summed E-state index contributed by atoms with van der Waals surface area (Å²) in [6, 6.07) is 23.2. The molecule has 4 aromatic rings. The molecule has 1 aromatic heterocycles. The molecule has 0 aliphatic heterocycles. The van der Waals surface area contributed by atoms with Crippen LogP contribution in [-0.4, -0.2) is 34.0 Å². The number of hydrogen-bond acceptors (Lipinski definition) is 5. The van der Waals surface area contributed by atoms with Crippen LogP contribution in [0, 0.1) is 0 Å². The number of benzene rings is 3. The van der Waals surface area contributed by atoms with E-state index >= 15 is 0 Å². The number of para-hydroxylation sites is 2. The van der Waals surface area contributed by atoms with Gasteiger partial charge in [-0.15, -0.1) is 0 Å². The van der Waals surface area contributed by atoms with Crippen molar-refractivity contribution in [3.05, 3.63) is 88.9 Å². The number of fused-ring (bicyclic) bond motifs is 1. The Labute approximate surface area is 201 Å². The van der Waals surface area contributed by atoms with Gasteiger partial charge in [0.2, 0.25) is 0 Å². The molecule has 33 heavy (non-hydrogen) atoms. The van der Waals surface area contributed by atoms with E-state index in [2.05, 4.69) is 15.1 Å². The molecule has 0 aliphatic carbocycles. The third kappa shape index (κ3) is 5.74. The van der Waals surface area contributed by atoms with Crippen molar-refractivity contribution in [2.75, 3.05) is 12.9 Å². The minimum Gasteiger partial charge on any atom is -0.497 e. The van der Waals surface area contributed by atoms with Gasteiger partial charge in [-0.1, -0.05) is 59.8 Å². The number of nitrogens with one attached hydrogen (secondary N) is 1. The first-order valence-corrected chi connectivity index (χ1v) is 11.7. The molecule has 0 saturated carbocycles. The molecule has 0 unspecified atom stereocenters. The fraction of sp³-hybridized carbons (Fsp3) is 0.160. The van der Waals surface area contributed by atoms with Crippen molar-refractivity contribution in [3.63, 3.8) is 0 Å². The van der Waals surface area contributed by atoms with Crippen molar-refractivity contribution in [2.45, 2.75) is 18.6 Å². The van der Waals surface area contributed by atoms with Crippen LogP contribution in [0.25, 0.3) is 11.0 Å². The molecule has 0 saturated heterocycles. The number of methoxy groups -OCH3 is 1. The number of amides is 1. The van der Waals surface area contributed by atoms with Crippen LogP contribution in [0.5, 0.6) is 5.75 Å². The predicted octanol–water partition coefficient (Wildman–Crippen LogP) is 5.38. The number of halogens is 1. The summed E-state index contributed by atoms with van der Waals surface area (Å²) in [4.78, 5) is 17.2. The third-order valence-corrected chi connectivity index (χ3v) is 6.27. The molecule has 4 rings (SSSR count). The summed E-state index contributed by atoms with van der Waals surface area (Å²) < 4.78 is 7.35. The highest BCUT2D eigenvalue weighted by Crippen LogP contribution is 2.25. The molecular weight excluding hydrogens is 456 g/mol. The topological polar surface area (TPSA) is 68.5 Å². The summed E-state index contributed by atoms with van der Waals surface area (Å²) in [6.45, 7) is 2.47. The van der Waals surface area contributed by atoms with E-state index in [9.17, 15) is 4.79 Å². The maximum atomic E-state index is 12.5. The molecule has 0 fully saturated rings. The van der Waals surface area contributed by atoms with Gasteiger partial charge in [0.05, 0.1) is 36.2 Å². The largest absolute Gasteiger partial charge is 0.497 e. The van der Waals surface area contributed by atoms with Gasteiger partial charge in [0, 0.05) is 10.6 Å². The van der Waals surface area contributed by atoms with Gasteiger partial charge < -0.3 is 9.30 Å². The molecule has 6 nitrogen and oxygen atoms in total. The van der Waals surface area contributed by atoms with Crippen LogP contribution < -0.4 is 10.2 Å². The Morgan fingerprint density at radius 1 is 1.12 bits per heavy atom. The highest BCUT2D eigenvalue weighted by Gasteiger charge is 2.13. The summed E-state index contributed by atoms with van der Waals surface area (Å²) in [5.41, 5.74) is 7.22. The number of nitrogens with zero attached hydrogens (tertiary/aromatic N) is 3. The van der Waals surface area contributed by atoms with Gasteiger partial charge in [-0.25, -0.2) is 10.4 Å². The molecule has 0 atom stereocenters. The van der Waals surface area contributed by atoms with E-state index in [-0.39, 0.29) is 11.7 Å². The van der Waals surface area contributed by atoms with E-state index in [1.165, 1.54) is 11.8 Å². The lowest BCUT2D eigenvalue weighted by Gasteiger charge is -2.09. The van der Waals surface area contributed by atoms with E-state index in [0.717, 1.165) is 33.1 Å². The number of hydrazone groups is 1. The average molecular weight is 479 g/mol. The summed E-state index contributed by atoms with van der Waals surface area (Å²) in [7, 11) is 1.62. The summed E-state index contributed by atoms with van der Waals surface area (Å²) in [5.74, 6) is 0.731. The van der Waals surface area contributed by atoms with Crippen molar-refractivity contribution in [2.24, 2.45) is 5.10 Å². The Balaban J connectivity index is 1.46. The van der Waals surface area contributed by atoms with Crippen LogP contribution in [-0.2, 0) is 11.3 Å². The van der Waals surface area contributed by atoms with Crippen LogP contribution in [0.15, 0.2) is 83.1 Å². The lowest BCUT2D eigenvalue weighted by atomic mass is 10.1. The quantitative estimate of drug-likeness (QED) is 0.210. The third-order valence-electron chi connectivity index (χ3n) is 5.04. The molecule has 1 heterocycles. The maximum Gasteiger partial charge on any atom is 0.250 e. The second-order valence-electron chi connectivity index (χ2n) is 7.35. The first kappa shape index (κ1) is 22.9. The fourth-order valence-electron chi connectivity index (χ4n) is 3.31. The Bertz CT molecular complexity index is 1300. The molecule has 0 radical (unpaired) electrons. The minimum atomic E-state index is -0.202. The van der Waals surface area contributed by atoms with Gasteiger partial charge in [-0.05, 0) is 48.9 Å². The van der Waals surface area contributed by atoms with Crippen LogP contribution >= 0.6 is 23.4 Å². The summed E-state index contributed by atoms with van der Waals surface area (Å²) >= 11 is 7.41. The average Bonchev–Trinajstić information content (AvgIpc) is 3.19. The second-order valence-corrected chi connectivity index (χ2v) is 8.73. The number of hydrogen-bond donors (Lipinski definition) is 1. The molecule has 0 aliphatic rings. The van der Waals surface area contributed by atoms with Crippen molar-refractivity contribution >= 4 is 46.0 Å². The van der Waals surface area contributed by atoms with Crippen LogP contribution in [0.4, 0.5) is 0 Å². The molecule has 0 spiro atoms. The lowest BCUT2D eigenvalue weighted by molar-refractivity contribution is -0.118. The highest BCUT2D eigenvalue weighted by molar-refractivity contribution is 7.99. The molecule has 0 bridgehead atoms. The number of carbonyl (C=O) groups is 1. The number of aromatic nitrogens is 2. The Hall–Kier alpha value is -3.29. The van der Waals surface area contributed by atoms with E-state index in [4.69, 9.17) is 21.3 Å². The van der Waals surface area contributed by atoms with Crippen LogP contribution in [0.2, 0.25) is 5.02 Å². The number of rotatable bonds is 8. The van der Waals surface area contributed by atoms with E-state index < -0.39 is 0 Å². The number of carbonyl (C=O) groups excluding carboxylic acids is 1. The molecule has 1 N–H and O–H groups in total. The van der Waals surface area contributed by atoms with Gasteiger partial charge in [0.1, 0.15) is 5.75 Å². The van der Waals surface area contributed by atoms with Crippen molar-refractivity contribution < 1.29 is 9.53 Å². The van der Waals surface area contributed by atoms with Gasteiger partial charge in [0.15, 0.2) is 5.16 Å². The minimum absolute atomic E-state index is 0.193. The molecule has 168 valence electrons. The van der Waals surface area contributed by atoms with Gasteiger partial charge >= 0.3 is 0 Å². The lowest BCUT2D eigenvalue weighted by Crippen LogP contribution is -2.21. The molecule has 8 heteroatoms. The molecular formula is C25H23ClN4O2S. The summed E-state index contributed by atoms with van der Waals surface area (Å²) in [6.07, 6.45) is 0. The first-order valence-electron chi connectivity index (χ1n) is 10.3. The standard InChI is InChI=1S/C25H23ClN4O2S/c1-17(19-6-5-7-21(14-19)32-2)28-29-24(31)16-33-25-27-22-8-3-4-9-23(22)30(25)15-18-10-12-20(26)13-11-18/h3-14H,15-16H2,1-2H3,(H,29,31)/b28-17+. The zero-order chi connectivity index (χ0) is 23.2. The van der Waals surface area contributed by atoms with Crippen molar-refractivity contribution in [3.8, 4) is 5.75 Å². The van der Waals surface area contributed by atoms with Gasteiger partial charge in [0.25, 0.3) is 5.91 Å². The first-order chi connectivity index (χ1) is 16.0. The number of imidazole rings is 1. The van der Waals surface area contributed by atoms with Gasteiger partial charge in [-0.3, -0.25) is 4.79 Å². The Morgan fingerprint density at radius 2 is 1.91 bits per heavy atom. The van der Waals surface area contributed by atoms with Crippen LogP contribution in [0.1, 0.15) is 18.1 Å². The maximum absolute atomic E-state index is 12.5. The number of ether oxygens (including phenoxy) is 1. The summed E-state index contributed by atoms with van der Waals surface area (Å²) in [5, 5.41) is 5.70. The highest BCUT2D eigenvalue weighted by atomic mass is 35.5. The SMILES string of the molecule is COc1cccc(/C(C)=N/NC(=O)CSc2nc3ccccc3n2Cc2ccc(Cl)cc2)c1. The zero-order valence-electron chi connectivity index (χ0n) is 18.3. The molecule has 3 aromatic carbocycles. The Kier molecular flexibility index (Phi) is 7.32. The number of thioether (sulfide) groups is 1. The zero-order valence-corrected chi connectivity index (χ0v) is 19.9. The predicted molar refractivity (Wildman–Crippen MR) is 134 cm³/mol. The normalized spacial score (nSPS) is 11.5. The van der Waals surface area contributed by atoms with Crippen molar-refractivity contribution in [1.29, 1.82) is 0 Å². The van der Waals surface area contributed by atoms with Crippen molar-refractivity contribution in [1.82, 2.24) is 15.0 Å². The van der Waals surface area contributed by atoms with E-state index in [1.54, 1.807) is 7.11 Å². The van der Waals surface area contributed by atoms with E-state index in [1.807, 2.05) is 79.7 Å². The smallest absolute Gasteiger partial charge is 0.250 e. The Morgan fingerprint density at radius 3 is 2.70 bits per heavy atom. The second kappa shape index (κ2) is 10.6. The van der Waals surface area contributed by atoms with Gasteiger partial charge in [-0.2, -0.15) is 5.10 Å². The van der Waals surface area contributed by atoms with Crippen LogP contribution in [0.3, 0.4) is 0 Å².